The molecule has 1 unspecified atom stereocenters. The Hall–Kier alpha value is -2.77. The molecule has 0 N–H and O–H groups in total. The maximum Gasteiger partial charge on any atom is 0.203 e. The highest BCUT2D eigenvalue weighted by molar-refractivity contribution is 6.36. The van der Waals surface area contributed by atoms with Crippen LogP contribution in [-0.2, 0) is 9.22 Å². The predicted molar refractivity (Wildman–Crippen MR) is 129 cm³/mol. The molecule has 0 fully saturated rings. The lowest BCUT2D eigenvalue weighted by Crippen LogP contribution is -2.26. The molecule has 1 atom stereocenters. The zero-order valence-corrected chi connectivity index (χ0v) is 21.3. The first-order valence-corrected chi connectivity index (χ1v) is 11.8. The molecular formula is C25H32O6Si. The first kappa shape index (κ1) is 23.9. The monoisotopic (exact) mass is 456 g/mol. The predicted octanol–water partition coefficient (Wildman–Crippen LogP) is 4.29. The lowest BCUT2D eigenvalue weighted by Gasteiger charge is -2.20. The Bertz CT molecular complexity index is 979. The van der Waals surface area contributed by atoms with Crippen LogP contribution in [0.15, 0.2) is 36.4 Å². The zero-order chi connectivity index (χ0) is 23.5. The number of hydrogen-bond acceptors (Lipinski definition) is 6. The highest BCUT2D eigenvalue weighted by Crippen LogP contribution is 2.45. The fraction of sp³-hybridized carbons (Fsp3) is 0.400. The summed E-state index contributed by atoms with van der Waals surface area (Å²) in [5.41, 5.74) is 3.26. The SMILES string of the molecule is COc1ccc(C2=C(c3cc(OC)c(OC)c(OC)c3)C(=O)C(O[SiH2]C(C)(C)C)C2)cc1. The van der Waals surface area contributed by atoms with Crippen LogP contribution in [0.2, 0.25) is 5.04 Å². The van der Waals surface area contributed by atoms with Crippen molar-refractivity contribution in [3.63, 3.8) is 0 Å². The van der Waals surface area contributed by atoms with Gasteiger partial charge in [0, 0.05) is 12.0 Å². The average molecular weight is 457 g/mol. The van der Waals surface area contributed by atoms with Gasteiger partial charge < -0.3 is 23.4 Å². The molecule has 172 valence electrons. The van der Waals surface area contributed by atoms with Crippen LogP contribution in [0.4, 0.5) is 0 Å². The van der Waals surface area contributed by atoms with E-state index < -0.39 is 15.9 Å². The smallest absolute Gasteiger partial charge is 0.203 e. The van der Waals surface area contributed by atoms with E-state index in [1.54, 1.807) is 28.4 Å². The van der Waals surface area contributed by atoms with E-state index in [0.717, 1.165) is 22.4 Å². The molecule has 2 aromatic carbocycles. The van der Waals surface area contributed by atoms with Crippen molar-refractivity contribution in [1.29, 1.82) is 0 Å². The highest BCUT2D eigenvalue weighted by Gasteiger charge is 2.36. The van der Waals surface area contributed by atoms with Gasteiger partial charge in [0.25, 0.3) is 0 Å². The van der Waals surface area contributed by atoms with Crippen LogP contribution in [0.5, 0.6) is 23.0 Å². The number of rotatable bonds is 8. The van der Waals surface area contributed by atoms with E-state index in [2.05, 4.69) is 20.8 Å². The van der Waals surface area contributed by atoms with E-state index in [4.69, 9.17) is 23.4 Å². The highest BCUT2D eigenvalue weighted by atomic mass is 28.2. The third-order valence-corrected chi connectivity index (χ3v) is 6.77. The topological polar surface area (TPSA) is 63.2 Å². The summed E-state index contributed by atoms with van der Waals surface area (Å²) in [6, 6.07) is 11.4. The van der Waals surface area contributed by atoms with Gasteiger partial charge >= 0.3 is 0 Å². The van der Waals surface area contributed by atoms with Gasteiger partial charge in [-0.2, -0.15) is 0 Å². The molecule has 0 amide bonds. The second kappa shape index (κ2) is 9.79. The van der Waals surface area contributed by atoms with E-state index in [1.165, 1.54) is 0 Å². The van der Waals surface area contributed by atoms with Crippen molar-refractivity contribution in [1.82, 2.24) is 0 Å². The van der Waals surface area contributed by atoms with Crippen molar-refractivity contribution < 1.29 is 28.2 Å². The minimum atomic E-state index is -0.898. The van der Waals surface area contributed by atoms with Gasteiger partial charge in [0.2, 0.25) is 5.75 Å². The Morgan fingerprint density at radius 2 is 1.44 bits per heavy atom. The van der Waals surface area contributed by atoms with Crippen LogP contribution in [0, 0.1) is 0 Å². The molecule has 0 heterocycles. The summed E-state index contributed by atoms with van der Waals surface area (Å²) in [6.45, 7) is 6.45. The van der Waals surface area contributed by atoms with Crippen molar-refractivity contribution in [2.24, 2.45) is 0 Å². The zero-order valence-electron chi connectivity index (χ0n) is 19.9. The van der Waals surface area contributed by atoms with Gasteiger partial charge in [-0.3, -0.25) is 4.79 Å². The minimum Gasteiger partial charge on any atom is -0.497 e. The number of ketones is 1. The van der Waals surface area contributed by atoms with Crippen LogP contribution < -0.4 is 18.9 Å². The van der Waals surface area contributed by atoms with Crippen LogP contribution in [0.3, 0.4) is 0 Å². The molecule has 0 spiro atoms. The second-order valence-electron chi connectivity index (χ2n) is 8.92. The maximum atomic E-state index is 13.6. The first-order valence-electron chi connectivity index (χ1n) is 10.6. The van der Waals surface area contributed by atoms with E-state index in [1.807, 2.05) is 36.4 Å². The number of carbonyl (C=O) groups is 1. The molecule has 0 radical (unpaired) electrons. The Labute approximate surface area is 192 Å². The third-order valence-electron chi connectivity index (χ3n) is 5.34. The standard InChI is InChI=1S/C25H32O6Si/c1-25(2,3)32-31-19-14-18(15-8-10-17(27-4)11-9-15)22(23(19)26)16-12-20(28-5)24(30-7)21(13-16)29-6/h8-13,19H,14,32H2,1-7H3. The fourth-order valence-corrected chi connectivity index (χ4v) is 4.74. The molecular weight excluding hydrogens is 424 g/mol. The second-order valence-corrected chi connectivity index (χ2v) is 11.7. The van der Waals surface area contributed by atoms with E-state index >= 15 is 0 Å². The molecule has 2 aromatic rings. The number of benzene rings is 2. The lowest BCUT2D eigenvalue weighted by molar-refractivity contribution is -0.119. The molecule has 0 aliphatic heterocycles. The molecule has 6 nitrogen and oxygen atoms in total. The van der Waals surface area contributed by atoms with E-state index in [0.29, 0.717) is 29.2 Å². The summed E-state index contributed by atoms with van der Waals surface area (Å²) >= 11 is 0. The van der Waals surface area contributed by atoms with Crippen LogP contribution in [0.1, 0.15) is 38.3 Å². The first-order chi connectivity index (χ1) is 15.2. The van der Waals surface area contributed by atoms with Gasteiger partial charge in [-0.05, 0) is 46.0 Å². The van der Waals surface area contributed by atoms with Crippen molar-refractivity contribution in [3.05, 3.63) is 47.5 Å². The Kier molecular flexibility index (Phi) is 7.31. The summed E-state index contributed by atoms with van der Waals surface area (Å²) in [5, 5.41) is 0.0931. The summed E-state index contributed by atoms with van der Waals surface area (Å²) < 4.78 is 28.0. The van der Waals surface area contributed by atoms with Crippen molar-refractivity contribution in [2.45, 2.75) is 38.3 Å². The maximum absolute atomic E-state index is 13.6. The van der Waals surface area contributed by atoms with E-state index in [-0.39, 0.29) is 10.8 Å². The molecule has 0 saturated carbocycles. The number of hydrogen-bond donors (Lipinski definition) is 0. The van der Waals surface area contributed by atoms with Crippen molar-refractivity contribution >= 4 is 26.7 Å². The van der Waals surface area contributed by atoms with Crippen LogP contribution in [-0.4, -0.2) is 50.1 Å². The molecule has 0 saturated heterocycles. The van der Waals surface area contributed by atoms with Gasteiger partial charge in [-0.25, -0.2) is 0 Å². The minimum absolute atomic E-state index is 0.0122. The molecule has 1 aliphatic rings. The molecule has 7 heteroatoms. The van der Waals surface area contributed by atoms with Crippen LogP contribution in [0.25, 0.3) is 11.1 Å². The Morgan fingerprint density at radius 1 is 0.844 bits per heavy atom. The third kappa shape index (κ3) is 5.00. The molecule has 0 bridgehead atoms. The summed E-state index contributed by atoms with van der Waals surface area (Å²) in [7, 11) is 5.43. The van der Waals surface area contributed by atoms with Gasteiger partial charge in [-0.1, -0.05) is 32.9 Å². The largest absolute Gasteiger partial charge is 0.497 e. The molecule has 1 aliphatic carbocycles. The molecule has 32 heavy (non-hydrogen) atoms. The number of ether oxygens (including phenoxy) is 4. The number of methoxy groups -OCH3 is 4. The number of carbonyl (C=O) groups excluding carboxylic acids is 1. The quantitative estimate of drug-likeness (QED) is 0.552. The van der Waals surface area contributed by atoms with E-state index in [9.17, 15) is 4.79 Å². The van der Waals surface area contributed by atoms with Crippen molar-refractivity contribution in [3.8, 4) is 23.0 Å². The summed E-state index contributed by atoms with van der Waals surface area (Å²) in [6.07, 6.45) is 0.0485. The lowest BCUT2D eigenvalue weighted by atomic mass is 9.96. The van der Waals surface area contributed by atoms with Gasteiger partial charge in [0.15, 0.2) is 27.0 Å². The van der Waals surface area contributed by atoms with Crippen LogP contribution >= 0.6 is 0 Å². The van der Waals surface area contributed by atoms with Gasteiger partial charge in [0.05, 0.1) is 28.4 Å². The average Bonchev–Trinajstić information content (AvgIpc) is 3.12. The normalized spacial score (nSPS) is 16.7. The Morgan fingerprint density at radius 3 is 1.91 bits per heavy atom. The Balaban J connectivity index is 2.12. The fourth-order valence-electron chi connectivity index (χ4n) is 3.77. The molecule has 0 aromatic heterocycles. The molecule has 3 rings (SSSR count). The van der Waals surface area contributed by atoms with Gasteiger partial charge in [-0.15, -0.1) is 0 Å². The summed E-state index contributed by atoms with van der Waals surface area (Å²) in [4.78, 5) is 13.6. The summed E-state index contributed by atoms with van der Waals surface area (Å²) in [5.74, 6) is 2.25. The number of Topliss-reactive ketones (excluding diaryl/α,β-unsaturated/α-hetero) is 1. The van der Waals surface area contributed by atoms with Crippen molar-refractivity contribution in [2.75, 3.05) is 28.4 Å². The van der Waals surface area contributed by atoms with Gasteiger partial charge in [0.1, 0.15) is 11.9 Å².